The summed E-state index contributed by atoms with van der Waals surface area (Å²) in [5.41, 5.74) is 0.986. The van der Waals surface area contributed by atoms with E-state index in [1.165, 1.54) is 18.6 Å². The van der Waals surface area contributed by atoms with Gasteiger partial charge in [-0.15, -0.1) is 0 Å². The quantitative estimate of drug-likeness (QED) is 0.897. The molecule has 1 aliphatic heterocycles. The molecule has 0 amide bonds. The minimum atomic E-state index is -0.958. The van der Waals surface area contributed by atoms with Crippen LogP contribution in [0.3, 0.4) is 0 Å². The summed E-state index contributed by atoms with van der Waals surface area (Å²) in [6.45, 7) is 2.94. The molecule has 0 bridgehead atoms. The molecule has 1 atom stereocenters. The van der Waals surface area contributed by atoms with E-state index in [0.717, 1.165) is 31.2 Å². The number of nitrogens with zero attached hydrogens (tertiary/aromatic N) is 2. The lowest BCUT2D eigenvalue weighted by Crippen LogP contribution is -2.36. The highest BCUT2D eigenvalue weighted by Crippen LogP contribution is 2.20. The Labute approximate surface area is 118 Å². The van der Waals surface area contributed by atoms with Gasteiger partial charge in [0.15, 0.2) is 0 Å². The number of hydrogen-bond acceptors (Lipinski definition) is 4. The smallest absolute Gasteiger partial charge is 0.354 e. The summed E-state index contributed by atoms with van der Waals surface area (Å²) in [5, 5.41) is 8.95. The maximum atomic E-state index is 10.9. The van der Waals surface area contributed by atoms with E-state index in [1.54, 1.807) is 12.1 Å². The number of rotatable bonds is 5. The van der Waals surface area contributed by atoms with E-state index in [-0.39, 0.29) is 5.69 Å². The number of carbonyl (C=O) groups is 1. The molecule has 1 aliphatic rings. The van der Waals surface area contributed by atoms with Crippen molar-refractivity contribution in [1.82, 2.24) is 9.88 Å². The molecule has 2 heterocycles. The van der Waals surface area contributed by atoms with Crippen LogP contribution in [0.15, 0.2) is 18.2 Å². The maximum absolute atomic E-state index is 10.9. The highest BCUT2D eigenvalue weighted by molar-refractivity contribution is 7.98. The summed E-state index contributed by atoms with van der Waals surface area (Å²) < 4.78 is 0. The summed E-state index contributed by atoms with van der Waals surface area (Å²) in [5.74, 6) is 1.01. The van der Waals surface area contributed by atoms with Gasteiger partial charge >= 0.3 is 5.97 Å². The van der Waals surface area contributed by atoms with Crippen LogP contribution in [-0.4, -0.2) is 46.1 Å². The van der Waals surface area contributed by atoms with Gasteiger partial charge in [-0.3, -0.25) is 4.90 Å². The predicted molar refractivity (Wildman–Crippen MR) is 77.6 cm³/mol. The molecule has 1 aromatic rings. The SMILES string of the molecule is CSC[C@@H]1CCCN(Cc2cccc(C(=O)O)n2)C1. The van der Waals surface area contributed by atoms with Crippen LogP contribution >= 0.6 is 11.8 Å². The number of aromatic carboxylic acids is 1. The molecule has 1 N–H and O–H groups in total. The maximum Gasteiger partial charge on any atom is 0.354 e. The standard InChI is InChI=1S/C14H20N2O2S/c1-19-10-11-4-3-7-16(8-11)9-12-5-2-6-13(15-12)14(17)18/h2,5-6,11H,3-4,7-10H2,1H3,(H,17,18)/t11-/m1/s1. The molecule has 0 spiro atoms. The molecular weight excluding hydrogens is 260 g/mol. The number of hydrogen-bond donors (Lipinski definition) is 1. The molecule has 0 unspecified atom stereocenters. The Balaban J connectivity index is 1.96. The largest absolute Gasteiger partial charge is 0.477 e. The van der Waals surface area contributed by atoms with Crippen molar-refractivity contribution in [3.8, 4) is 0 Å². The zero-order valence-electron chi connectivity index (χ0n) is 11.2. The minimum Gasteiger partial charge on any atom is -0.477 e. The van der Waals surface area contributed by atoms with Crippen molar-refractivity contribution in [2.45, 2.75) is 19.4 Å². The van der Waals surface area contributed by atoms with Gasteiger partial charge in [0.2, 0.25) is 0 Å². The lowest BCUT2D eigenvalue weighted by atomic mass is 10.00. The van der Waals surface area contributed by atoms with Crippen LogP contribution in [0.2, 0.25) is 0 Å². The molecule has 19 heavy (non-hydrogen) atoms. The van der Waals surface area contributed by atoms with E-state index >= 15 is 0 Å². The number of pyridine rings is 1. The van der Waals surface area contributed by atoms with Crippen LogP contribution in [0.4, 0.5) is 0 Å². The second-order valence-corrected chi connectivity index (χ2v) is 5.93. The number of carboxylic acids is 1. The number of thioether (sulfide) groups is 1. The molecule has 0 aromatic carbocycles. The Morgan fingerprint density at radius 3 is 3.16 bits per heavy atom. The Morgan fingerprint density at radius 1 is 1.58 bits per heavy atom. The Morgan fingerprint density at radius 2 is 2.42 bits per heavy atom. The van der Waals surface area contributed by atoms with Gasteiger partial charge in [0.1, 0.15) is 5.69 Å². The Bertz CT molecular complexity index is 437. The van der Waals surface area contributed by atoms with Crippen LogP contribution in [-0.2, 0) is 6.54 Å². The van der Waals surface area contributed by atoms with Crippen LogP contribution in [0.1, 0.15) is 29.0 Å². The fourth-order valence-electron chi connectivity index (χ4n) is 2.58. The molecule has 4 nitrogen and oxygen atoms in total. The monoisotopic (exact) mass is 280 g/mol. The number of carboxylic acid groups (broad SMARTS) is 1. The van der Waals surface area contributed by atoms with E-state index in [0.29, 0.717) is 0 Å². The average Bonchev–Trinajstić information content (AvgIpc) is 2.40. The summed E-state index contributed by atoms with van der Waals surface area (Å²) in [4.78, 5) is 17.5. The van der Waals surface area contributed by atoms with Gasteiger partial charge in [-0.1, -0.05) is 6.07 Å². The molecule has 104 valence electrons. The molecular formula is C14H20N2O2S. The zero-order chi connectivity index (χ0) is 13.7. The summed E-state index contributed by atoms with van der Waals surface area (Å²) >= 11 is 1.90. The van der Waals surface area contributed by atoms with E-state index in [9.17, 15) is 4.79 Å². The molecule has 0 aliphatic carbocycles. The van der Waals surface area contributed by atoms with Gasteiger partial charge in [-0.2, -0.15) is 11.8 Å². The van der Waals surface area contributed by atoms with Gasteiger partial charge in [0, 0.05) is 13.1 Å². The summed E-state index contributed by atoms with van der Waals surface area (Å²) in [6, 6.07) is 5.22. The second-order valence-electron chi connectivity index (χ2n) is 5.02. The third-order valence-corrected chi connectivity index (χ3v) is 4.22. The third kappa shape index (κ3) is 4.21. The topological polar surface area (TPSA) is 53.4 Å². The van der Waals surface area contributed by atoms with Crippen LogP contribution in [0.5, 0.6) is 0 Å². The Kier molecular flexibility index (Phi) is 5.22. The molecule has 1 aromatic heterocycles. The van der Waals surface area contributed by atoms with Gasteiger partial charge in [0.25, 0.3) is 0 Å². The van der Waals surface area contributed by atoms with E-state index in [1.807, 2.05) is 17.8 Å². The van der Waals surface area contributed by atoms with E-state index in [2.05, 4.69) is 16.1 Å². The lowest BCUT2D eigenvalue weighted by Gasteiger charge is -2.32. The highest BCUT2D eigenvalue weighted by Gasteiger charge is 2.20. The number of piperidine rings is 1. The normalized spacial score (nSPS) is 20.4. The first-order valence-corrected chi connectivity index (χ1v) is 7.99. The van der Waals surface area contributed by atoms with Crippen LogP contribution < -0.4 is 0 Å². The van der Waals surface area contributed by atoms with Crippen molar-refractivity contribution in [2.24, 2.45) is 5.92 Å². The summed E-state index contributed by atoms with van der Waals surface area (Å²) in [6.07, 6.45) is 4.68. The molecule has 0 saturated carbocycles. The summed E-state index contributed by atoms with van der Waals surface area (Å²) in [7, 11) is 0. The van der Waals surface area contributed by atoms with Crippen molar-refractivity contribution >= 4 is 17.7 Å². The van der Waals surface area contributed by atoms with Crippen molar-refractivity contribution in [1.29, 1.82) is 0 Å². The van der Waals surface area contributed by atoms with Crippen molar-refractivity contribution in [3.63, 3.8) is 0 Å². The average molecular weight is 280 g/mol. The van der Waals surface area contributed by atoms with Gasteiger partial charge in [0.05, 0.1) is 5.69 Å². The zero-order valence-corrected chi connectivity index (χ0v) is 12.0. The van der Waals surface area contributed by atoms with Crippen molar-refractivity contribution in [3.05, 3.63) is 29.6 Å². The first-order chi connectivity index (χ1) is 9.19. The molecule has 1 fully saturated rings. The second kappa shape index (κ2) is 6.91. The van der Waals surface area contributed by atoms with E-state index < -0.39 is 5.97 Å². The number of aromatic nitrogens is 1. The van der Waals surface area contributed by atoms with Crippen LogP contribution in [0, 0.1) is 5.92 Å². The van der Waals surface area contributed by atoms with Crippen LogP contribution in [0.25, 0.3) is 0 Å². The van der Waals surface area contributed by atoms with Gasteiger partial charge in [-0.05, 0) is 49.4 Å². The fraction of sp³-hybridized carbons (Fsp3) is 0.571. The van der Waals surface area contributed by atoms with Gasteiger partial charge < -0.3 is 5.11 Å². The minimum absolute atomic E-state index is 0.134. The fourth-order valence-corrected chi connectivity index (χ4v) is 3.33. The molecule has 5 heteroatoms. The number of likely N-dealkylation sites (tertiary alicyclic amines) is 1. The third-order valence-electron chi connectivity index (χ3n) is 3.42. The van der Waals surface area contributed by atoms with E-state index in [4.69, 9.17) is 5.11 Å². The molecule has 0 radical (unpaired) electrons. The first kappa shape index (κ1) is 14.3. The highest BCUT2D eigenvalue weighted by atomic mass is 32.2. The Hall–Kier alpha value is -1.07. The lowest BCUT2D eigenvalue weighted by molar-refractivity contribution is 0.0689. The molecule has 2 rings (SSSR count). The first-order valence-electron chi connectivity index (χ1n) is 6.59. The van der Waals surface area contributed by atoms with Gasteiger partial charge in [-0.25, -0.2) is 9.78 Å². The molecule has 1 saturated heterocycles. The van der Waals surface area contributed by atoms with Crippen molar-refractivity contribution < 1.29 is 9.90 Å². The predicted octanol–water partition coefficient (Wildman–Crippen LogP) is 2.35. The van der Waals surface area contributed by atoms with Crippen molar-refractivity contribution in [2.75, 3.05) is 25.1 Å².